The van der Waals surface area contributed by atoms with E-state index in [0.717, 1.165) is 36.1 Å². The largest absolute Gasteiger partial charge is 0.493 e. The summed E-state index contributed by atoms with van der Waals surface area (Å²) in [5, 5.41) is 0. The van der Waals surface area contributed by atoms with Crippen LogP contribution in [0, 0.1) is 0 Å². The van der Waals surface area contributed by atoms with Crippen LogP contribution in [-0.4, -0.2) is 14.2 Å². The van der Waals surface area contributed by atoms with Gasteiger partial charge in [0, 0.05) is 0 Å². The molecule has 2 aromatic rings. The number of hydrogen-bond acceptors (Lipinski definition) is 3. The average molecular weight is 300 g/mol. The Hall–Kier alpha value is -2.16. The molecule has 0 saturated carbocycles. The van der Waals surface area contributed by atoms with E-state index in [2.05, 4.69) is 25.1 Å². The molecule has 0 unspecified atom stereocenters. The van der Waals surface area contributed by atoms with E-state index in [1.807, 2.05) is 24.3 Å². The van der Waals surface area contributed by atoms with Crippen LogP contribution in [0.5, 0.6) is 17.2 Å². The molecule has 2 aromatic carbocycles. The summed E-state index contributed by atoms with van der Waals surface area (Å²) in [7, 11) is 3.29. The average Bonchev–Trinajstić information content (AvgIpc) is 2.58. The monoisotopic (exact) mass is 300 g/mol. The van der Waals surface area contributed by atoms with Gasteiger partial charge in [-0.25, -0.2) is 0 Å². The van der Waals surface area contributed by atoms with Gasteiger partial charge in [0.1, 0.15) is 6.61 Å². The summed E-state index contributed by atoms with van der Waals surface area (Å²) in [5.41, 5.74) is 2.30. The van der Waals surface area contributed by atoms with Crippen LogP contribution in [0.3, 0.4) is 0 Å². The Kier molecular flexibility index (Phi) is 6.13. The fourth-order valence-electron chi connectivity index (χ4n) is 2.39. The number of methoxy groups -OCH3 is 2. The molecule has 0 amide bonds. The van der Waals surface area contributed by atoms with Gasteiger partial charge in [0.15, 0.2) is 11.5 Å². The number of ether oxygens (including phenoxy) is 3. The zero-order valence-electron chi connectivity index (χ0n) is 13.6. The molecule has 3 heteroatoms. The van der Waals surface area contributed by atoms with Crippen LogP contribution in [0.1, 0.15) is 30.9 Å². The van der Waals surface area contributed by atoms with E-state index >= 15 is 0 Å². The van der Waals surface area contributed by atoms with Crippen molar-refractivity contribution in [2.75, 3.05) is 14.2 Å². The molecule has 0 radical (unpaired) electrons. The van der Waals surface area contributed by atoms with Crippen LogP contribution in [0.15, 0.2) is 42.5 Å². The smallest absolute Gasteiger partial charge is 0.203 e. The molecular formula is C19H24O3. The fraction of sp³-hybridized carbons (Fsp3) is 0.368. The van der Waals surface area contributed by atoms with Gasteiger partial charge < -0.3 is 14.2 Å². The highest BCUT2D eigenvalue weighted by Gasteiger charge is 2.16. The summed E-state index contributed by atoms with van der Waals surface area (Å²) in [6, 6.07) is 14.1. The summed E-state index contributed by atoms with van der Waals surface area (Å²) in [6.07, 6.45) is 3.24. The number of unbranched alkanes of at least 4 members (excludes halogenated alkanes) is 1. The Morgan fingerprint density at radius 2 is 1.64 bits per heavy atom. The predicted octanol–water partition coefficient (Wildman–Crippen LogP) is 4.63. The van der Waals surface area contributed by atoms with Crippen molar-refractivity contribution in [2.24, 2.45) is 0 Å². The maximum atomic E-state index is 6.08. The SMILES string of the molecule is CCCCc1ccc(OC)c(OC)c1OCc1ccccc1. The number of hydrogen-bond donors (Lipinski definition) is 0. The number of rotatable bonds is 8. The maximum absolute atomic E-state index is 6.08. The third-order valence-electron chi connectivity index (χ3n) is 3.61. The molecule has 118 valence electrons. The third kappa shape index (κ3) is 3.94. The van der Waals surface area contributed by atoms with Crippen molar-refractivity contribution >= 4 is 0 Å². The molecule has 0 saturated heterocycles. The van der Waals surface area contributed by atoms with Crippen molar-refractivity contribution in [1.82, 2.24) is 0 Å². The van der Waals surface area contributed by atoms with E-state index in [1.165, 1.54) is 0 Å². The fourth-order valence-corrected chi connectivity index (χ4v) is 2.39. The Morgan fingerprint density at radius 1 is 0.864 bits per heavy atom. The lowest BCUT2D eigenvalue weighted by molar-refractivity contribution is 0.272. The van der Waals surface area contributed by atoms with Gasteiger partial charge in [-0.05, 0) is 30.0 Å². The van der Waals surface area contributed by atoms with Crippen LogP contribution in [-0.2, 0) is 13.0 Å². The van der Waals surface area contributed by atoms with Gasteiger partial charge in [-0.3, -0.25) is 0 Å². The minimum atomic E-state index is 0.517. The zero-order chi connectivity index (χ0) is 15.8. The molecule has 0 fully saturated rings. The quantitative estimate of drug-likeness (QED) is 0.711. The Balaban J connectivity index is 2.27. The van der Waals surface area contributed by atoms with E-state index in [4.69, 9.17) is 14.2 Å². The first-order chi connectivity index (χ1) is 10.8. The number of aryl methyl sites for hydroxylation is 1. The lowest BCUT2D eigenvalue weighted by Crippen LogP contribution is -2.03. The summed E-state index contributed by atoms with van der Waals surface area (Å²) in [4.78, 5) is 0. The van der Waals surface area contributed by atoms with E-state index in [1.54, 1.807) is 14.2 Å². The lowest BCUT2D eigenvalue weighted by Gasteiger charge is -2.17. The normalized spacial score (nSPS) is 10.3. The second-order valence-electron chi connectivity index (χ2n) is 5.17. The van der Waals surface area contributed by atoms with Crippen molar-refractivity contribution in [2.45, 2.75) is 32.8 Å². The molecule has 0 bridgehead atoms. The molecule has 0 aliphatic heterocycles. The second kappa shape index (κ2) is 8.32. The van der Waals surface area contributed by atoms with E-state index < -0.39 is 0 Å². The summed E-state index contributed by atoms with van der Waals surface area (Å²) < 4.78 is 17.0. The Labute approximate surface area is 132 Å². The number of benzene rings is 2. The predicted molar refractivity (Wildman–Crippen MR) is 88.9 cm³/mol. The topological polar surface area (TPSA) is 27.7 Å². The van der Waals surface area contributed by atoms with Gasteiger partial charge in [-0.1, -0.05) is 49.7 Å². The molecule has 0 spiro atoms. The van der Waals surface area contributed by atoms with Crippen molar-refractivity contribution in [1.29, 1.82) is 0 Å². The van der Waals surface area contributed by atoms with Crippen LogP contribution < -0.4 is 14.2 Å². The van der Waals surface area contributed by atoms with Crippen LogP contribution in [0.4, 0.5) is 0 Å². The first-order valence-electron chi connectivity index (χ1n) is 7.70. The van der Waals surface area contributed by atoms with Gasteiger partial charge in [0.25, 0.3) is 0 Å². The highest BCUT2D eigenvalue weighted by Crippen LogP contribution is 2.40. The molecule has 22 heavy (non-hydrogen) atoms. The van der Waals surface area contributed by atoms with Crippen LogP contribution >= 0.6 is 0 Å². The molecular weight excluding hydrogens is 276 g/mol. The van der Waals surface area contributed by atoms with Gasteiger partial charge in [0.2, 0.25) is 5.75 Å². The molecule has 0 N–H and O–H groups in total. The zero-order valence-corrected chi connectivity index (χ0v) is 13.6. The maximum Gasteiger partial charge on any atom is 0.203 e. The molecule has 3 nitrogen and oxygen atoms in total. The molecule has 0 atom stereocenters. The van der Waals surface area contributed by atoms with Gasteiger partial charge in [0.05, 0.1) is 14.2 Å². The Bertz CT molecular complexity index is 579. The Morgan fingerprint density at radius 3 is 2.27 bits per heavy atom. The standard InChI is InChI=1S/C19H24O3/c1-4-5-11-16-12-13-17(20-2)19(21-3)18(16)22-14-15-9-7-6-8-10-15/h6-10,12-13H,4-5,11,14H2,1-3H3. The van der Waals surface area contributed by atoms with Crippen molar-refractivity contribution < 1.29 is 14.2 Å². The summed E-state index contributed by atoms with van der Waals surface area (Å²) in [6.45, 7) is 2.70. The second-order valence-corrected chi connectivity index (χ2v) is 5.17. The highest BCUT2D eigenvalue weighted by atomic mass is 16.5. The van der Waals surface area contributed by atoms with E-state index in [-0.39, 0.29) is 0 Å². The van der Waals surface area contributed by atoms with Crippen LogP contribution in [0.2, 0.25) is 0 Å². The molecule has 0 aliphatic rings. The minimum Gasteiger partial charge on any atom is -0.493 e. The van der Waals surface area contributed by atoms with Gasteiger partial charge >= 0.3 is 0 Å². The molecule has 0 aromatic heterocycles. The first kappa shape index (κ1) is 16.2. The summed E-state index contributed by atoms with van der Waals surface area (Å²) >= 11 is 0. The molecule has 2 rings (SSSR count). The summed E-state index contributed by atoms with van der Waals surface area (Å²) in [5.74, 6) is 2.16. The van der Waals surface area contributed by atoms with E-state index in [9.17, 15) is 0 Å². The van der Waals surface area contributed by atoms with Crippen molar-refractivity contribution in [3.05, 3.63) is 53.6 Å². The van der Waals surface area contributed by atoms with Crippen molar-refractivity contribution in [3.63, 3.8) is 0 Å². The van der Waals surface area contributed by atoms with Gasteiger partial charge in [-0.2, -0.15) is 0 Å². The lowest BCUT2D eigenvalue weighted by atomic mass is 10.1. The minimum absolute atomic E-state index is 0.517. The van der Waals surface area contributed by atoms with Crippen LogP contribution in [0.25, 0.3) is 0 Å². The molecule has 0 aliphatic carbocycles. The van der Waals surface area contributed by atoms with Crippen molar-refractivity contribution in [3.8, 4) is 17.2 Å². The van der Waals surface area contributed by atoms with E-state index in [0.29, 0.717) is 18.1 Å². The first-order valence-corrected chi connectivity index (χ1v) is 7.70. The van der Waals surface area contributed by atoms with Gasteiger partial charge in [-0.15, -0.1) is 0 Å². The highest BCUT2D eigenvalue weighted by molar-refractivity contribution is 5.55. The third-order valence-corrected chi connectivity index (χ3v) is 3.61. The molecule has 0 heterocycles.